The van der Waals surface area contributed by atoms with E-state index in [1.54, 1.807) is 6.92 Å². The van der Waals surface area contributed by atoms with Gasteiger partial charge in [-0.25, -0.2) is 9.18 Å². The lowest BCUT2D eigenvalue weighted by Crippen LogP contribution is -2.39. The minimum atomic E-state index is -0.916. The Labute approximate surface area is 130 Å². The summed E-state index contributed by atoms with van der Waals surface area (Å²) < 4.78 is 13.6. The molecule has 1 atom stereocenters. The molecule has 7 heteroatoms. The number of nitrogens with zero attached hydrogens (tertiary/aromatic N) is 1. The van der Waals surface area contributed by atoms with Crippen LogP contribution in [0.1, 0.15) is 24.8 Å². The second-order valence-electron chi connectivity index (χ2n) is 5.10. The van der Waals surface area contributed by atoms with Crippen LogP contribution in [0.25, 0.3) is 0 Å². The topological polar surface area (TPSA) is 69.6 Å². The normalized spacial score (nSPS) is 17.9. The number of hydrogen-bond donors (Lipinski definition) is 2. The molecule has 1 aromatic carbocycles. The van der Waals surface area contributed by atoms with E-state index < -0.39 is 11.8 Å². The maximum Gasteiger partial charge on any atom is 0.322 e. The lowest BCUT2D eigenvalue weighted by Gasteiger charge is -2.24. The number of carboxylic acids is 1. The third-order valence-electron chi connectivity index (χ3n) is 3.56. The molecular weight excluding hydrogens is 343 g/mol. The highest BCUT2D eigenvalue weighted by Gasteiger charge is 2.30. The summed E-state index contributed by atoms with van der Waals surface area (Å²) in [5.74, 6) is -1.31. The molecule has 2 N–H and O–H groups in total. The summed E-state index contributed by atoms with van der Waals surface area (Å²) in [4.78, 5) is 24.6. The van der Waals surface area contributed by atoms with Crippen LogP contribution >= 0.6 is 15.9 Å². The SMILES string of the molecule is Cc1cc(F)c(Br)cc1NC(=O)N1CCCC1CC(=O)O. The van der Waals surface area contributed by atoms with E-state index in [9.17, 15) is 14.0 Å². The third-order valence-corrected chi connectivity index (χ3v) is 4.16. The molecule has 0 aliphatic carbocycles. The molecule has 21 heavy (non-hydrogen) atoms. The van der Waals surface area contributed by atoms with Crippen molar-refractivity contribution in [1.82, 2.24) is 4.90 Å². The Hall–Kier alpha value is -1.63. The summed E-state index contributed by atoms with van der Waals surface area (Å²) in [6, 6.07) is 2.20. The van der Waals surface area contributed by atoms with Gasteiger partial charge in [-0.05, 0) is 53.4 Å². The standard InChI is InChI=1S/C14H16BrFN2O3/c1-8-5-11(16)10(15)7-12(8)17-14(21)18-4-2-3-9(18)6-13(19)20/h5,7,9H,2-4,6H2,1H3,(H,17,21)(H,19,20). The van der Waals surface area contributed by atoms with E-state index in [2.05, 4.69) is 21.2 Å². The average Bonchev–Trinajstić information content (AvgIpc) is 2.83. The first kappa shape index (κ1) is 15.8. The number of halogens is 2. The zero-order valence-corrected chi connectivity index (χ0v) is 13.1. The number of benzene rings is 1. The van der Waals surface area contributed by atoms with Gasteiger partial charge in [-0.2, -0.15) is 0 Å². The number of likely N-dealkylation sites (tertiary alicyclic amines) is 1. The fourth-order valence-corrected chi connectivity index (χ4v) is 2.83. The fourth-order valence-electron chi connectivity index (χ4n) is 2.48. The number of urea groups is 1. The Morgan fingerprint density at radius 3 is 2.90 bits per heavy atom. The number of amides is 2. The van der Waals surface area contributed by atoms with Crippen LogP contribution in [0.4, 0.5) is 14.9 Å². The number of rotatable bonds is 3. The van der Waals surface area contributed by atoms with Crippen LogP contribution in [0.3, 0.4) is 0 Å². The van der Waals surface area contributed by atoms with Gasteiger partial charge in [0.05, 0.1) is 10.9 Å². The van der Waals surface area contributed by atoms with Crippen molar-refractivity contribution in [3.63, 3.8) is 0 Å². The lowest BCUT2D eigenvalue weighted by atomic mass is 10.1. The van der Waals surface area contributed by atoms with Crippen molar-refractivity contribution in [2.75, 3.05) is 11.9 Å². The first-order valence-corrected chi connectivity index (χ1v) is 7.43. The van der Waals surface area contributed by atoms with E-state index in [1.807, 2.05) is 0 Å². The molecule has 1 unspecified atom stereocenters. The molecule has 1 fully saturated rings. The predicted octanol–water partition coefficient (Wildman–Crippen LogP) is 3.37. The van der Waals surface area contributed by atoms with Gasteiger partial charge in [0.15, 0.2) is 0 Å². The number of carbonyl (C=O) groups excluding carboxylic acids is 1. The molecule has 2 rings (SSSR count). The van der Waals surface area contributed by atoms with Gasteiger partial charge in [-0.15, -0.1) is 0 Å². The van der Waals surface area contributed by atoms with Crippen LogP contribution in [0.15, 0.2) is 16.6 Å². The largest absolute Gasteiger partial charge is 0.481 e. The molecule has 114 valence electrons. The molecule has 0 saturated carbocycles. The number of nitrogens with one attached hydrogen (secondary N) is 1. The van der Waals surface area contributed by atoms with Crippen LogP contribution in [-0.2, 0) is 4.79 Å². The Balaban J connectivity index is 2.10. The lowest BCUT2D eigenvalue weighted by molar-refractivity contribution is -0.137. The quantitative estimate of drug-likeness (QED) is 0.870. The first-order valence-electron chi connectivity index (χ1n) is 6.63. The highest BCUT2D eigenvalue weighted by molar-refractivity contribution is 9.10. The minimum absolute atomic E-state index is 0.0560. The Morgan fingerprint density at radius 2 is 2.24 bits per heavy atom. The van der Waals surface area contributed by atoms with E-state index in [1.165, 1.54) is 17.0 Å². The number of carbonyl (C=O) groups is 2. The summed E-state index contributed by atoms with van der Waals surface area (Å²) in [7, 11) is 0. The number of aryl methyl sites for hydroxylation is 1. The van der Waals surface area contributed by atoms with Gasteiger partial charge >= 0.3 is 12.0 Å². The van der Waals surface area contributed by atoms with Crippen molar-refractivity contribution >= 4 is 33.6 Å². The molecule has 0 bridgehead atoms. The second kappa shape index (κ2) is 6.43. The van der Waals surface area contributed by atoms with E-state index in [0.29, 0.717) is 24.2 Å². The van der Waals surface area contributed by atoms with Crippen LogP contribution in [0, 0.1) is 12.7 Å². The van der Waals surface area contributed by atoms with Crippen molar-refractivity contribution in [2.45, 2.75) is 32.2 Å². The number of hydrogen-bond acceptors (Lipinski definition) is 2. The van der Waals surface area contributed by atoms with Gasteiger partial charge < -0.3 is 15.3 Å². The second-order valence-corrected chi connectivity index (χ2v) is 5.95. The van der Waals surface area contributed by atoms with E-state index in [0.717, 1.165) is 6.42 Å². The summed E-state index contributed by atoms with van der Waals surface area (Å²) in [6.45, 7) is 2.23. The zero-order valence-electron chi connectivity index (χ0n) is 11.5. The molecule has 0 radical (unpaired) electrons. The summed E-state index contributed by atoms with van der Waals surface area (Å²) in [5.41, 5.74) is 1.12. The average molecular weight is 359 g/mol. The Bertz CT molecular complexity index is 580. The molecule has 1 aliphatic rings. The maximum absolute atomic E-state index is 13.4. The van der Waals surface area contributed by atoms with Gasteiger partial charge in [0.2, 0.25) is 0 Å². The van der Waals surface area contributed by atoms with Crippen LogP contribution in [0.5, 0.6) is 0 Å². The smallest absolute Gasteiger partial charge is 0.322 e. The Kier molecular flexibility index (Phi) is 4.82. The third kappa shape index (κ3) is 3.72. The molecule has 1 aliphatic heterocycles. The molecule has 2 amide bonds. The van der Waals surface area contributed by atoms with Crippen LogP contribution in [-0.4, -0.2) is 34.6 Å². The minimum Gasteiger partial charge on any atom is -0.481 e. The van der Waals surface area contributed by atoms with Gasteiger partial charge in [0, 0.05) is 18.3 Å². The van der Waals surface area contributed by atoms with Crippen molar-refractivity contribution in [1.29, 1.82) is 0 Å². The predicted molar refractivity (Wildman–Crippen MR) is 79.8 cm³/mol. The van der Waals surface area contributed by atoms with E-state index in [-0.39, 0.29) is 23.0 Å². The first-order chi connectivity index (χ1) is 9.88. The summed E-state index contributed by atoms with van der Waals surface area (Å²) in [5, 5.41) is 11.6. The van der Waals surface area contributed by atoms with Crippen molar-refractivity contribution in [3.8, 4) is 0 Å². The number of carboxylic acid groups (broad SMARTS) is 1. The van der Waals surface area contributed by atoms with E-state index >= 15 is 0 Å². The molecule has 1 heterocycles. The number of aliphatic carboxylic acids is 1. The van der Waals surface area contributed by atoms with Crippen LogP contribution < -0.4 is 5.32 Å². The van der Waals surface area contributed by atoms with Crippen molar-refractivity contribution in [3.05, 3.63) is 28.0 Å². The van der Waals surface area contributed by atoms with Gasteiger partial charge in [0.25, 0.3) is 0 Å². The summed E-state index contributed by atoms with van der Waals surface area (Å²) >= 11 is 3.08. The molecule has 5 nitrogen and oxygen atoms in total. The van der Waals surface area contributed by atoms with Gasteiger partial charge in [-0.1, -0.05) is 0 Å². The van der Waals surface area contributed by atoms with E-state index in [4.69, 9.17) is 5.11 Å². The highest BCUT2D eigenvalue weighted by Crippen LogP contribution is 2.26. The fraction of sp³-hybridized carbons (Fsp3) is 0.429. The zero-order chi connectivity index (χ0) is 15.6. The van der Waals surface area contributed by atoms with Crippen molar-refractivity contribution < 1.29 is 19.1 Å². The maximum atomic E-state index is 13.4. The molecule has 1 aromatic rings. The van der Waals surface area contributed by atoms with Crippen LogP contribution in [0.2, 0.25) is 0 Å². The molecule has 0 aromatic heterocycles. The molecule has 0 spiro atoms. The van der Waals surface area contributed by atoms with Gasteiger partial charge in [-0.3, -0.25) is 4.79 Å². The van der Waals surface area contributed by atoms with Crippen molar-refractivity contribution in [2.24, 2.45) is 0 Å². The monoisotopic (exact) mass is 358 g/mol. The Morgan fingerprint density at radius 1 is 1.52 bits per heavy atom. The molecular formula is C14H16BrFN2O3. The highest BCUT2D eigenvalue weighted by atomic mass is 79.9. The van der Waals surface area contributed by atoms with Gasteiger partial charge in [0.1, 0.15) is 5.82 Å². The molecule has 1 saturated heterocycles. The number of anilines is 1. The summed E-state index contributed by atoms with van der Waals surface area (Å²) in [6.07, 6.45) is 1.42.